The van der Waals surface area contributed by atoms with Crippen molar-refractivity contribution in [2.24, 2.45) is 0 Å². The Balaban J connectivity index is 2.52. The predicted molar refractivity (Wildman–Crippen MR) is 159 cm³/mol. The monoisotopic (exact) mass is 594 g/mol. The van der Waals surface area contributed by atoms with E-state index in [9.17, 15) is 29.5 Å². The number of ether oxygens (including phenoxy) is 2. The number of aliphatic hydroxyl groups excluding tert-OH is 1. The van der Waals surface area contributed by atoms with E-state index in [0.717, 1.165) is 16.0 Å². The van der Waals surface area contributed by atoms with Gasteiger partial charge in [0.25, 0.3) is 0 Å². The minimum Gasteiger partial charge on any atom is -0.458 e. The van der Waals surface area contributed by atoms with Crippen molar-refractivity contribution in [2.45, 2.75) is 84.2 Å². The maximum Gasteiger partial charge on any atom is 0.408 e. The minimum atomic E-state index is -1.52. The predicted octanol–water partition coefficient (Wildman–Crippen LogP) is 3.34. The average molecular weight is 595 g/mol. The highest BCUT2D eigenvalue weighted by Crippen LogP contribution is 2.24. The molecule has 3 N–H and O–H groups in total. The van der Waals surface area contributed by atoms with Crippen LogP contribution in [0.4, 0.5) is 4.79 Å². The molecule has 3 atom stereocenters. The first-order valence-electron chi connectivity index (χ1n) is 14.0. The van der Waals surface area contributed by atoms with Gasteiger partial charge in [0.05, 0.1) is 12.7 Å². The Kier molecular flexibility index (Phi) is 12.3. The Labute approximate surface area is 253 Å². The Morgan fingerprint density at radius 2 is 1.47 bits per heavy atom. The topological polar surface area (TPSA) is 158 Å². The van der Waals surface area contributed by atoms with E-state index in [0.29, 0.717) is 5.56 Å². The summed E-state index contributed by atoms with van der Waals surface area (Å²) in [5.41, 5.74) is 0.286. The van der Waals surface area contributed by atoms with E-state index in [2.05, 4.69) is 10.6 Å². The SMILES string of the molecule is Cc1ccc(C(C(=O)NC(Cc2ccccc2)C(=O)OC(C)(C)C)N(CC#N)C(=O)C(CO)NC(=O)OC(C)(C)C)cc1. The van der Waals surface area contributed by atoms with Crippen molar-refractivity contribution >= 4 is 23.9 Å². The van der Waals surface area contributed by atoms with E-state index < -0.39 is 66.4 Å². The molecule has 0 heterocycles. The van der Waals surface area contributed by atoms with Crippen LogP contribution < -0.4 is 10.6 Å². The standard InChI is InChI=1S/C32H42N4O7/c1-21-13-15-23(16-14-21)26(36(18-17-33)28(39)25(20-37)35-30(41)43-32(5,6)7)27(38)34-24(29(40)42-31(2,3)4)19-22-11-9-8-10-12-22/h8-16,24-26,37H,18-20H2,1-7H3,(H,34,38)(H,35,41). The number of nitriles is 1. The number of nitrogens with one attached hydrogen (secondary N) is 2. The summed E-state index contributed by atoms with van der Waals surface area (Å²) in [4.78, 5) is 54.4. The van der Waals surface area contributed by atoms with Gasteiger partial charge < -0.3 is 30.1 Å². The maximum atomic E-state index is 14.0. The quantitative estimate of drug-likeness (QED) is 0.264. The van der Waals surface area contributed by atoms with Crippen molar-refractivity contribution in [1.29, 1.82) is 5.26 Å². The number of hydrogen-bond acceptors (Lipinski definition) is 8. The zero-order valence-corrected chi connectivity index (χ0v) is 25.8. The molecular weight excluding hydrogens is 552 g/mol. The lowest BCUT2D eigenvalue weighted by Gasteiger charge is -2.33. The van der Waals surface area contributed by atoms with Crippen LogP contribution in [0.15, 0.2) is 54.6 Å². The number of amides is 3. The van der Waals surface area contributed by atoms with Gasteiger partial charge in [-0.25, -0.2) is 9.59 Å². The van der Waals surface area contributed by atoms with Crippen molar-refractivity contribution in [1.82, 2.24) is 15.5 Å². The molecule has 11 nitrogen and oxygen atoms in total. The highest BCUT2D eigenvalue weighted by Gasteiger charge is 2.38. The second-order valence-electron chi connectivity index (χ2n) is 12.1. The summed E-state index contributed by atoms with van der Waals surface area (Å²) in [7, 11) is 0. The summed E-state index contributed by atoms with van der Waals surface area (Å²) in [5.74, 6) is -2.33. The molecule has 0 aliphatic carbocycles. The third-order valence-corrected chi connectivity index (χ3v) is 5.94. The van der Waals surface area contributed by atoms with E-state index in [1.807, 2.05) is 19.1 Å². The van der Waals surface area contributed by atoms with Gasteiger partial charge in [-0.3, -0.25) is 9.59 Å². The first kappa shape index (κ1) is 34.8. The van der Waals surface area contributed by atoms with E-state index in [4.69, 9.17) is 9.47 Å². The number of aryl methyl sites for hydroxylation is 1. The molecule has 11 heteroatoms. The number of hydrogen-bond donors (Lipinski definition) is 3. The van der Waals surface area contributed by atoms with Gasteiger partial charge in [0.15, 0.2) is 0 Å². The maximum absolute atomic E-state index is 14.0. The van der Waals surface area contributed by atoms with Crippen LogP contribution in [0, 0.1) is 18.3 Å². The summed E-state index contributed by atoms with van der Waals surface area (Å²) < 4.78 is 10.8. The molecule has 232 valence electrons. The molecule has 0 aromatic heterocycles. The largest absolute Gasteiger partial charge is 0.458 e. The number of alkyl carbamates (subject to hydrolysis) is 1. The highest BCUT2D eigenvalue weighted by atomic mass is 16.6. The number of carbonyl (C=O) groups is 4. The molecule has 0 saturated carbocycles. The minimum absolute atomic E-state index is 0.105. The number of rotatable bonds is 11. The number of esters is 1. The summed E-state index contributed by atoms with van der Waals surface area (Å²) in [6.07, 6.45) is -0.852. The molecule has 0 saturated heterocycles. The van der Waals surface area contributed by atoms with Gasteiger partial charge in [-0.15, -0.1) is 0 Å². The molecule has 0 bridgehead atoms. The van der Waals surface area contributed by atoms with Crippen LogP contribution in [0.2, 0.25) is 0 Å². The van der Waals surface area contributed by atoms with Crippen molar-refractivity contribution in [2.75, 3.05) is 13.2 Å². The fourth-order valence-electron chi connectivity index (χ4n) is 4.10. The molecule has 0 radical (unpaired) electrons. The van der Waals surface area contributed by atoms with Gasteiger partial charge in [0.1, 0.15) is 35.9 Å². The second-order valence-corrected chi connectivity index (χ2v) is 12.1. The van der Waals surface area contributed by atoms with Crippen molar-refractivity contribution in [3.05, 3.63) is 71.3 Å². The Bertz CT molecular complexity index is 1290. The van der Waals surface area contributed by atoms with E-state index in [-0.39, 0.29) is 6.42 Å². The Hall–Kier alpha value is -4.43. The molecule has 2 rings (SSSR count). The molecule has 3 amide bonds. The number of nitrogens with zero attached hydrogens (tertiary/aromatic N) is 2. The van der Waals surface area contributed by atoms with Crippen LogP contribution in [0.25, 0.3) is 0 Å². The summed E-state index contributed by atoms with van der Waals surface area (Å²) in [5, 5.41) is 24.7. The van der Waals surface area contributed by atoms with E-state index >= 15 is 0 Å². The van der Waals surface area contributed by atoms with Crippen molar-refractivity contribution < 1.29 is 33.8 Å². The second kappa shape index (κ2) is 15.2. The average Bonchev–Trinajstić information content (AvgIpc) is 2.90. The molecule has 3 unspecified atom stereocenters. The van der Waals surface area contributed by atoms with Crippen LogP contribution >= 0.6 is 0 Å². The summed E-state index contributed by atoms with van der Waals surface area (Å²) >= 11 is 0. The van der Waals surface area contributed by atoms with Crippen molar-refractivity contribution in [3.8, 4) is 6.07 Å². The number of aliphatic hydroxyl groups is 1. The molecule has 0 aliphatic heterocycles. The normalized spacial score (nSPS) is 13.5. The smallest absolute Gasteiger partial charge is 0.408 e. The first-order chi connectivity index (χ1) is 20.0. The van der Waals surface area contributed by atoms with Gasteiger partial charge in [-0.2, -0.15) is 5.26 Å². The van der Waals surface area contributed by atoms with Crippen LogP contribution in [0.3, 0.4) is 0 Å². The molecule has 0 aliphatic rings. The lowest BCUT2D eigenvalue weighted by Crippen LogP contribution is -2.56. The lowest BCUT2D eigenvalue weighted by molar-refractivity contribution is -0.159. The third kappa shape index (κ3) is 11.4. The molecular formula is C32H42N4O7. The number of carbonyl (C=O) groups excluding carboxylic acids is 4. The highest BCUT2D eigenvalue weighted by molar-refractivity contribution is 5.94. The van der Waals surface area contributed by atoms with Crippen LogP contribution in [0.5, 0.6) is 0 Å². The lowest BCUT2D eigenvalue weighted by atomic mass is 10.00. The third-order valence-electron chi connectivity index (χ3n) is 5.94. The van der Waals surface area contributed by atoms with Gasteiger partial charge >= 0.3 is 12.1 Å². The molecule has 2 aromatic rings. The first-order valence-corrected chi connectivity index (χ1v) is 14.0. The van der Waals surface area contributed by atoms with Crippen LogP contribution in [0.1, 0.15) is 64.3 Å². The zero-order chi connectivity index (χ0) is 32.4. The fourth-order valence-corrected chi connectivity index (χ4v) is 4.10. The summed E-state index contributed by atoms with van der Waals surface area (Å²) in [6.45, 7) is 10.5. The van der Waals surface area contributed by atoms with Gasteiger partial charge in [-0.05, 0) is 59.6 Å². The number of benzene rings is 2. The Morgan fingerprint density at radius 1 is 0.884 bits per heavy atom. The summed E-state index contributed by atoms with van der Waals surface area (Å²) in [6, 6.07) is 13.6. The fraction of sp³-hybridized carbons (Fsp3) is 0.469. The van der Waals surface area contributed by atoms with E-state index in [1.54, 1.807) is 90.1 Å². The van der Waals surface area contributed by atoms with Gasteiger partial charge in [-0.1, -0.05) is 60.2 Å². The van der Waals surface area contributed by atoms with Crippen LogP contribution in [-0.4, -0.2) is 70.3 Å². The van der Waals surface area contributed by atoms with E-state index in [1.165, 1.54) is 0 Å². The molecule has 0 fully saturated rings. The van der Waals surface area contributed by atoms with Gasteiger partial charge in [0.2, 0.25) is 11.8 Å². The Morgan fingerprint density at radius 3 is 1.98 bits per heavy atom. The molecule has 0 spiro atoms. The van der Waals surface area contributed by atoms with Crippen LogP contribution in [-0.2, 0) is 30.3 Å². The molecule has 2 aromatic carbocycles. The zero-order valence-electron chi connectivity index (χ0n) is 25.8. The molecule has 43 heavy (non-hydrogen) atoms. The van der Waals surface area contributed by atoms with Gasteiger partial charge in [0, 0.05) is 6.42 Å². The van der Waals surface area contributed by atoms with Crippen molar-refractivity contribution in [3.63, 3.8) is 0 Å².